The molecule has 39 heavy (non-hydrogen) atoms. The van der Waals surface area contributed by atoms with E-state index in [1.165, 1.54) is 11.1 Å². The van der Waals surface area contributed by atoms with Crippen LogP contribution in [0, 0.1) is 19.8 Å². The third-order valence-electron chi connectivity index (χ3n) is 8.12. The zero-order valence-electron chi connectivity index (χ0n) is 23.5. The molecule has 3 atom stereocenters. The molecule has 2 aromatic heterocycles. The maximum absolute atomic E-state index is 12.6. The Labute approximate surface area is 230 Å². The highest BCUT2D eigenvalue weighted by Gasteiger charge is 2.29. The van der Waals surface area contributed by atoms with Crippen molar-refractivity contribution in [3.63, 3.8) is 0 Å². The minimum absolute atomic E-state index is 0.104. The summed E-state index contributed by atoms with van der Waals surface area (Å²) in [4.78, 5) is 19.6. The molecule has 2 unspecified atom stereocenters. The maximum Gasteiger partial charge on any atom is 0.221 e. The van der Waals surface area contributed by atoms with Crippen molar-refractivity contribution in [2.24, 2.45) is 11.7 Å². The van der Waals surface area contributed by atoms with Crippen LogP contribution >= 0.6 is 0 Å². The highest BCUT2D eigenvalue weighted by molar-refractivity contribution is 5.82. The summed E-state index contributed by atoms with van der Waals surface area (Å²) in [5.41, 5.74) is 14.3. The Morgan fingerprint density at radius 3 is 2.74 bits per heavy atom. The van der Waals surface area contributed by atoms with Crippen LogP contribution in [0.25, 0.3) is 11.0 Å². The Morgan fingerprint density at radius 1 is 1.18 bits per heavy atom. The summed E-state index contributed by atoms with van der Waals surface area (Å²) < 4.78 is 8.16. The quantitative estimate of drug-likeness (QED) is 0.351. The van der Waals surface area contributed by atoms with Crippen molar-refractivity contribution >= 4 is 16.9 Å². The summed E-state index contributed by atoms with van der Waals surface area (Å²) in [5.74, 6) is -0.0446. The van der Waals surface area contributed by atoms with Crippen molar-refractivity contribution in [3.8, 4) is 5.75 Å². The van der Waals surface area contributed by atoms with Crippen molar-refractivity contribution in [3.05, 3.63) is 82.2 Å². The van der Waals surface area contributed by atoms with Crippen LogP contribution in [0.3, 0.4) is 0 Å². The standard InChI is InChI=1S/C31H38N6O2/c1-6-24-17-36(18-26-28(39-24)9-8-14-33-26)16-23-15-22(11-10-19(23)3)29(21(5)31(32)38)25-12-13-27-30(20(25)4)34-35-37(27)7-2/h8-15,21,24,29H,6-7,16-18H2,1-5H3,(H2,32,38)/t21?,24-,29?/m1/s1. The van der Waals surface area contributed by atoms with Gasteiger partial charge in [-0.1, -0.05) is 43.3 Å². The van der Waals surface area contributed by atoms with E-state index in [0.717, 1.165) is 71.8 Å². The lowest BCUT2D eigenvalue weighted by Gasteiger charge is -2.27. The Morgan fingerprint density at radius 2 is 2.00 bits per heavy atom. The number of benzene rings is 2. The third-order valence-corrected chi connectivity index (χ3v) is 8.12. The molecular formula is C31H38N6O2. The zero-order valence-corrected chi connectivity index (χ0v) is 23.5. The van der Waals surface area contributed by atoms with E-state index >= 15 is 0 Å². The lowest BCUT2D eigenvalue weighted by molar-refractivity contribution is -0.121. The average Bonchev–Trinajstić information content (AvgIpc) is 3.27. The second-order valence-corrected chi connectivity index (χ2v) is 10.7. The number of ether oxygens (including phenoxy) is 1. The van der Waals surface area contributed by atoms with E-state index < -0.39 is 5.92 Å². The predicted molar refractivity (Wildman–Crippen MR) is 152 cm³/mol. The Bertz CT molecular complexity index is 1500. The highest BCUT2D eigenvalue weighted by atomic mass is 16.5. The molecule has 0 saturated carbocycles. The minimum Gasteiger partial charge on any atom is -0.487 e. The van der Waals surface area contributed by atoms with Gasteiger partial charge in [-0.2, -0.15) is 0 Å². The summed E-state index contributed by atoms with van der Waals surface area (Å²) in [5, 5.41) is 8.76. The fourth-order valence-electron chi connectivity index (χ4n) is 5.71. The SMILES string of the molecule is CC[C@@H]1CN(Cc2cc(C(c3ccc4c(nnn4CC)c3C)C(C)C(N)=O)ccc2C)Cc2ncccc2O1. The van der Waals surface area contributed by atoms with Gasteiger partial charge < -0.3 is 10.5 Å². The number of hydrogen-bond donors (Lipinski definition) is 1. The third kappa shape index (κ3) is 5.26. The molecule has 2 aromatic carbocycles. The first-order valence-electron chi connectivity index (χ1n) is 13.8. The molecule has 5 rings (SSSR count). The monoisotopic (exact) mass is 526 g/mol. The molecule has 3 heterocycles. The number of carbonyl (C=O) groups excluding carboxylic acids is 1. The van der Waals surface area contributed by atoms with E-state index in [4.69, 9.17) is 10.5 Å². The van der Waals surface area contributed by atoms with Crippen LogP contribution in [-0.2, 0) is 24.4 Å². The number of pyridine rings is 1. The highest BCUT2D eigenvalue weighted by Crippen LogP contribution is 2.37. The number of rotatable bonds is 8. The summed E-state index contributed by atoms with van der Waals surface area (Å²) in [6, 6.07) is 14.6. The number of primary amides is 1. The van der Waals surface area contributed by atoms with Gasteiger partial charge in [0, 0.05) is 44.2 Å². The second kappa shape index (κ2) is 11.1. The molecule has 0 spiro atoms. The molecule has 0 aliphatic carbocycles. The van der Waals surface area contributed by atoms with Gasteiger partial charge >= 0.3 is 0 Å². The number of aryl methyl sites for hydroxylation is 3. The number of nitrogens with zero attached hydrogens (tertiary/aromatic N) is 5. The van der Waals surface area contributed by atoms with E-state index in [1.54, 1.807) is 0 Å². The maximum atomic E-state index is 12.6. The molecule has 1 amide bonds. The van der Waals surface area contributed by atoms with Crippen molar-refractivity contribution in [1.29, 1.82) is 0 Å². The zero-order chi connectivity index (χ0) is 27.7. The van der Waals surface area contributed by atoms with Crippen molar-refractivity contribution in [2.45, 2.75) is 72.7 Å². The van der Waals surface area contributed by atoms with Crippen molar-refractivity contribution in [2.75, 3.05) is 6.54 Å². The molecule has 8 heteroatoms. The van der Waals surface area contributed by atoms with E-state index in [2.05, 4.69) is 78.2 Å². The molecule has 4 aromatic rings. The van der Waals surface area contributed by atoms with E-state index in [-0.39, 0.29) is 17.9 Å². The molecule has 0 fully saturated rings. The number of hydrogen-bond acceptors (Lipinski definition) is 6. The first-order valence-corrected chi connectivity index (χ1v) is 13.8. The Hall–Kier alpha value is -3.78. The number of amides is 1. The smallest absolute Gasteiger partial charge is 0.221 e. The summed E-state index contributed by atoms with van der Waals surface area (Å²) in [6.07, 6.45) is 2.85. The van der Waals surface area contributed by atoms with Crippen LogP contribution in [-0.4, -0.2) is 43.4 Å². The molecule has 1 aliphatic rings. The Balaban J connectivity index is 1.53. The number of nitrogens with two attached hydrogens (primary N) is 1. The van der Waals surface area contributed by atoms with Crippen molar-refractivity contribution < 1.29 is 9.53 Å². The number of aromatic nitrogens is 4. The number of fused-ring (bicyclic) bond motifs is 2. The minimum atomic E-state index is -0.398. The summed E-state index contributed by atoms with van der Waals surface area (Å²) in [7, 11) is 0. The molecule has 8 nitrogen and oxygen atoms in total. The van der Waals surface area contributed by atoms with Gasteiger partial charge in [0.15, 0.2) is 0 Å². The van der Waals surface area contributed by atoms with E-state index in [9.17, 15) is 4.79 Å². The van der Waals surface area contributed by atoms with Crippen LogP contribution in [0.2, 0.25) is 0 Å². The van der Waals surface area contributed by atoms with Crippen LogP contribution in [0.1, 0.15) is 66.6 Å². The Kier molecular flexibility index (Phi) is 7.66. The normalized spacial score (nSPS) is 17.3. The molecule has 2 N–H and O–H groups in total. The van der Waals surface area contributed by atoms with Gasteiger partial charge in [-0.3, -0.25) is 14.7 Å². The summed E-state index contributed by atoms with van der Waals surface area (Å²) >= 11 is 0. The summed E-state index contributed by atoms with van der Waals surface area (Å²) in [6.45, 7) is 13.4. The van der Waals surface area contributed by atoms with Gasteiger partial charge in [0.1, 0.15) is 17.4 Å². The van der Waals surface area contributed by atoms with Gasteiger partial charge in [-0.15, -0.1) is 5.10 Å². The largest absolute Gasteiger partial charge is 0.487 e. The van der Waals surface area contributed by atoms with Gasteiger partial charge in [0.2, 0.25) is 5.91 Å². The van der Waals surface area contributed by atoms with Crippen molar-refractivity contribution in [1.82, 2.24) is 24.9 Å². The predicted octanol–water partition coefficient (Wildman–Crippen LogP) is 4.89. The molecule has 0 saturated heterocycles. The molecule has 1 aliphatic heterocycles. The van der Waals surface area contributed by atoms with E-state index in [0.29, 0.717) is 0 Å². The van der Waals surface area contributed by atoms with Crippen LogP contribution in [0.4, 0.5) is 0 Å². The van der Waals surface area contributed by atoms with Gasteiger partial charge in [-0.05, 0) is 73.2 Å². The van der Waals surface area contributed by atoms with E-state index in [1.807, 2.05) is 29.9 Å². The second-order valence-electron chi connectivity index (χ2n) is 10.7. The lowest BCUT2D eigenvalue weighted by Crippen LogP contribution is -2.32. The van der Waals surface area contributed by atoms with Crippen LogP contribution in [0.5, 0.6) is 5.75 Å². The van der Waals surface area contributed by atoms with Crippen LogP contribution in [0.15, 0.2) is 48.7 Å². The number of carbonyl (C=O) groups is 1. The molecule has 0 bridgehead atoms. The molecule has 0 radical (unpaired) electrons. The van der Waals surface area contributed by atoms with Crippen LogP contribution < -0.4 is 10.5 Å². The molecule has 204 valence electrons. The fourth-order valence-corrected chi connectivity index (χ4v) is 5.71. The average molecular weight is 527 g/mol. The van der Waals surface area contributed by atoms with Gasteiger partial charge in [0.25, 0.3) is 0 Å². The van der Waals surface area contributed by atoms with Gasteiger partial charge in [-0.25, -0.2) is 4.68 Å². The first-order chi connectivity index (χ1) is 18.8. The topological polar surface area (TPSA) is 99.2 Å². The lowest BCUT2D eigenvalue weighted by atomic mass is 9.78. The first kappa shape index (κ1) is 26.8. The molecular weight excluding hydrogens is 488 g/mol. The van der Waals surface area contributed by atoms with Gasteiger partial charge in [0.05, 0.1) is 11.2 Å². The fraction of sp³-hybridized carbons (Fsp3) is 0.419.